The van der Waals surface area contributed by atoms with E-state index in [1.807, 2.05) is 27.8 Å². The van der Waals surface area contributed by atoms with E-state index >= 15 is 0 Å². The highest BCUT2D eigenvalue weighted by molar-refractivity contribution is 7.89. The van der Waals surface area contributed by atoms with E-state index in [1.54, 1.807) is 24.0 Å². The summed E-state index contributed by atoms with van der Waals surface area (Å²) in [5.74, 6) is 6.58. The number of sulfonamides is 1. The Morgan fingerprint density at radius 3 is 2.54 bits per heavy atom. The van der Waals surface area contributed by atoms with Crippen LogP contribution in [0.4, 0.5) is 0 Å². The predicted octanol–water partition coefficient (Wildman–Crippen LogP) is 3.50. The van der Waals surface area contributed by atoms with Gasteiger partial charge in [0.25, 0.3) is 0 Å². The molecule has 1 fully saturated rings. The first-order chi connectivity index (χ1) is 16.5. The Morgan fingerprint density at radius 2 is 1.91 bits per heavy atom. The molecule has 0 bridgehead atoms. The maximum Gasteiger partial charge on any atom is 0.247 e. The average Bonchev–Trinajstić information content (AvgIpc) is 2.84. The van der Waals surface area contributed by atoms with Crippen LogP contribution >= 0.6 is 0 Å². The number of fused-ring (bicyclic) bond motifs is 1. The van der Waals surface area contributed by atoms with Crippen LogP contribution in [0, 0.1) is 29.6 Å². The minimum atomic E-state index is -3.90. The van der Waals surface area contributed by atoms with Crippen molar-refractivity contribution in [2.45, 2.75) is 76.8 Å². The van der Waals surface area contributed by atoms with Gasteiger partial charge < -0.3 is 14.7 Å². The Bertz CT molecular complexity index is 1050. The summed E-state index contributed by atoms with van der Waals surface area (Å²) in [6, 6.07) is 4.32. The van der Waals surface area contributed by atoms with E-state index < -0.39 is 22.2 Å². The van der Waals surface area contributed by atoms with Crippen LogP contribution in [-0.4, -0.2) is 67.5 Å². The number of hydrogen-bond donors (Lipinski definition) is 1. The topological polar surface area (TPSA) is 87.2 Å². The molecular formula is C27H40N2O5S. The highest BCUT2D eigenvalue weighted by Crippen LogP contribution is 2.34. The summed E-state index contributed by atoms with van der Waals surface area (Å²) in [6.45, 7) is 7.88. The molecule has 2 aliphatic rings. The maximum atomic E-state index is 13.6. The predicted molar refractivity (Wildman–Crippen MR) is 136 cm³/mol. The van der Waals surface area contributed by atoms with Crippen molar-refractivity contribution in [3.8, 4) is 17.6 Å². The lowest BCUT2D eigenvalue weighted by Gasteiger charge is -2.38. The van der Waals surface area contributed by atoms with Crippen LogP contribution in [0.5, 0.6) is 5.75 Å². The molecule has 1 aliphatic heterocycles. The fraction of sp³-hybridized carbons (Fsp3) is 0.667. The minimum absolute atomic E-state index is 0.0501. The Morgan fingerprint density at radius 1 is 1.23 bits per heavy atom. The third-order valence-corrected chi connectivity index (χ3v) is 8.98. The number of nitrogens with zero attached hydrogens (tertiary/aromatic N) is 2. The molecule has 1 aromatic carbocycles. The zero-order valence-electron chi connectivity index (χ0n) is 21.7. The largest absolute Gasteiger partial charge is 0.487 e. The Balaban J connectivity index is 1.97. The van der Waals surface area contributed by atoms with Gasteiger partial charge in [0.2, 0.25) is 15.9 Å². The van der Waals surface area contributed by atoms with E-state index in [4.69, 9.17) is 4.74 Å². The van der Waals surface area contributed by atoms with Crippen molar-refractivity contribution in [3.05, 3.63) is 23.8 Å². The number of likely N-dealkylation sites (N-methyl/N-ethyl adjacent to an activating group) is 1. The van der Waals surface area contributed by atoms with E-state index in [2.05, 4.69) is 11.8 Å². The number of benzene rings is 1. The van der Waals surface area contributed by atoms with E-state index in [1.165, 1.54) is 16.8 Å². The number of amides is 1. The zero-order valence-corrected chi connectivity index (χ0v) is 22.5. The van der Waals surface area contributed by atoms with Gasteiger partial charge in [-0.15, -0.1) is 0 Å². The summed E-state index contributed by atoms with van der Waals surface area (Å²) in [4.78, 5) is 14.9. The molecule has 0 unspecified atom stereocenters. The molecule has 1 heterocycles. The number of rotatable bonds is 5. The molecule has 1 aromatic rings. The number of ether oxygens (including phenoxy) is 1. The van der Waals surface area contributed by atoms with Crippen LogP contribution < -0.4 is 4.74 Å². The van der Waals surface area contributed by atoms with Crippen LogP contribution in [0.25, 0.3) is 0 Å². The molecule has 0 radical (unpaired) electrons. The second-order valence-corrected chi connectivity index (χ2v) is 12.2. The Hall–Kier alpha value is -2.08. The third kappa shape index (κ3) is 6.58. The zero-order chi connectivity index (χ0) is 25.8. The molecule has 1 aliphatic carbocycles. The van der Waals surface area contributed by atoms with Crippen molar-refractivity contribution < 1.29 is 23.1 Å². The number of aliphatic hydroxyl groups excluding tert-OH is 1. The molecule has 3 atom stereocenters. The minimum Gasteiger partial charge on any atom is -0.487 e. The van der Waals surface area contributed by atoms with E-state index in [9.17, 15) is 18.3 Å². The molecule has 3 rings (SSSR count). The second kappa shape index (κ2) is 11.8. The van der Waals surface area contributed by atoms with Gasteiger partial charge >= 0.3 is 0 Å². The molecule has 35 heavy (non-hydrogen) atoms. The molecular weight excluding hydrogens is 464 g/mol. The monoisotopic (exact) mass is 504 g/mol. The summed E-state index contributed by atoms with van der Waals surface area (Å²) in [6.07, 6.45) is 4.78. The van der Waals surface area contributed by atoms with Gasteiger partial charge in [0.05, 0.1) is 13.2 Å². The van der Waals surface area contributed by atoms with Crippen LogP contribution in [0.1, 0.15) is 65.4 Å². The molecule has 1 saturated carbocycles. The smallest absolute Gasteiger partial charge is 0.247 e. The van der Waals surface area contributed by atoms with Gasteiger partial charge in [0, 0.05) is 43.0 Å². The number of carbonyl (C=O) groups is 1. The van der Waals surface area contributed by atoms with Crippen molar-refractivity contribution >= 4 is 15.9 Å². The molecule has 1 N–H and O–H groups in total. The van der Waals surface area contributed by atoms with Crippen LogP contribution in [0.15, 0.2) is 23.1 Å². The first-order valence-electron chi connectivity index (χ1n) is 12.7. The Kier molecular flexibility index (Phi) is 9.25. The van der Waals surface area contributed by atoms with E-state index in [0.717, 1.165) is 25.7 Å². The average molecular weight is 505 g/mol. The van der Waals surface area contributed by atoms with Gasteiger partial charge in [-0.05, 0) is 38.0 Å². The SMILES string of the molecule is CC(C)C#Cc1ccc2c(c1)O[C@H](CN(C)C(=O)C1CCCCC1)[C@H](C)CN([C@@H](C)CO)S2(=O)=O. The van der Waals surface area contributed by atoms with Crippen molar-refractivity contribution in [2.24, 2.45) is 17.8 Å². The summed E-state index contributed by atoms with van der Waals surface area (Å²) < 4.78 is 34.9. The van der Waals surface area contributed by atoms with Crippen LogP contribution in [0.3, 0.4) is 0 Å². The summed E-state index contributed by atoms with van der Waals surface area (Å²) >= 11 is 0. The Labute approximate surface area is 210 Å². The molecule has 0 spiro atoms. The van der Waals surface area contributed by atoms with Gasteiger partial charge in [-0.25, -0.2) is 8.42 Å². The van der Waals surface area contributed by atoms with Gasteiger partial charge in [-0.2, -0.15) is 4.31 Å². The fourth-order valence-corrected chi connectivity index (χ4v) is 6.60. The molecule has 194 valence electrons. The third-order valence-electron chi connectivity index (χ3n) is 6.96. The second-order valence-electron chi connectivity index (χ2n) is 10.4. The lowest BCUT2D eigenvalue weighted by molar-refractivity contribution is -0.136. The first kappa shape index (κ1) is 27.5. The van der Waals surface area contributed by atoms with Crippen molar-refractivity contribution in [3.63, 3.8) is 0 Å². The van der Waals surface area contributed by atoms with Crippen molar-refractivity contribution in [2.75, 3.05) is 26.7 Å². The highest BCUT2D eigenvalue weighted by atomic mass is 32.2. The number of aliphatic hydroxyl groups is 1. The summed E-state index contributed by atoms with van der Waals surface area (Å²) in [5, 5.41) is 9.80. The van der Waals surface area contributed by atoms with Gasteiger partial charge in [-0.1, -0.05) is 51.9 Å². The lowest BCUT2D eigenvalue weighted by atomic mass is 9.88. The summed E-state index contributed by atoms with van der Waals surface area (Å²) in [7, 11) is -2.09. The van der Waals surface area contributed by atoms with E-state index in [-0.39, 0.29) is 47.5 Å². The molecule has 1 amide bonds. The first-order valence-corrected chi connectivity index (χ1v) is 14.2. The normalized spacial score (nSPS) is 23.7. The van der Waals surface area contributed by atoms with Crippen LogP contribution in [0.2, 0.25) is 0 Å². The molecule has 8 heteroatoms. The van der Waals surface area contributed by atoms with Crippen molar-refractivity contribution in [1.29, 1.82) is 0 Å². The van der Waals surface area contributed by atoms with E-state index in [0.29, 0.717) is 12.1 Å². The molecule has 0 aromatic heterocycles. The van der Waals surface area contributed by atoms with Gasteiger partial charge in [0.15, 0.2) is 0 Å². The summed E-state index contributed by atoms with van der Waals surface area (Å²) in [5.41, 5.74) is 0.674. The maximum absolute atomic E-state index is 13.6. The van der Waals surface area contributed by atoms with Crippen molar-refractivity contribution in [1.82, 2.24) is 9.21 Å². The lowest BCUT2D eigenvalue weighted by Crippen LogP contribution is -2.50. The standard InChI is InChI=1S/C27H40N2O5S/c1-19(2)11-12-22-13-14-26-24(15-22)34-25(17-28(5)27(31)23-9-7-6-8-10-23)20(3)16-29(21(4)18-30)35(26,32)33/h13-15,19-21,23,25,30H,6-10,16-18H2,1-5H3/t20-,21+,25-/m1/s1. The van der Waals surface area contributed by atoms with Gasteiger partial charge in [-0.3, -0.25) is 4.79 Å². The van der Waals surface area contributed by atoms with Crippen LogP contribution in [-0.2, 0) is 14.8 Å². The quantitative estimate of drug-likeness (QED) is 0.620. The molecule has 0 saturated heterocycles. The molecule has 7 nitrogen and oxygen atoms in total. The number of hydrogen-bond acceptors (Lipinski definition) is 5. The highest BCUT2D eigenvalue weighted by Gasteiger charge is 2.38. The fourth-order valence-electron chi connectivity index (χ4n) is 4.77. The number of carbonyl (C=O) groups excluding carboxylic acids is 1. The van der Waals surface area contributed by atoms with Gasteiger partial charge in [0.1, 0.15) is 16.7 Å².